The lowest BCUT2D eigenvalue weighted by Crippen LogP contribution is -2.34. The predicted molar refractivity (Wildman–Crippen MR) is 98.9 cm³/mol. The Morgan fingerprint density at radius 3 is 2.04 bits per heavy atom. The highest BCUT2D eigenvalue weighted by molar-refractivity contribution is 8.00. The summed E-state index contributed by atoms with van der Waals surface area (Å²) >= 11 is 1.60. The average Bonchev–Trinajstić information content (AvgIpc) is 2.55. The number of hydrogen-bond acceptors (Lipinski definition) is 2. The van der Waals surface area contributed by atoms with E-state index < -0.39 is 0 Å². The first-order valence-corrected chi connectivity index (χ1v) is 8.98. The van der Waals surface area contributed by atoms with Crippen LogP contribution in [0.25, 0.3) is 0 Å². The van der Waals surface area contributed by atoms with E-state index in [4.69, 9.17) is 0 Å². The van der Waals surface area contributed by atoms with Gasteiger partial charge in [0.05, 0.1) is 11.3 Å². The fourth-order valence-electron chi connectivity index (χ4n) is 2.38. The SMILES string of the molecule is CC[C@@H](NC(=O)[C@H](C)Sc1ccc(C)cc1)c1ccc(C)cc1. The minimum absolute atomic E-state index is 0.0733. The van der Waals surface area contributed by atoms with E-state index in [9.17, 15) is 4.79 Å². The van der Waals surface area contributed by atoms with Gasteiger partial charge in [-0.15, -0.1) is 11.8 Å². The quantitative estimate of drug-likeness (QED) is 0.752. The van der Waals surface area contributed by atoms with Gasteiger partial charge in [-0.25, -0.2) is 0 Å². The Morgan fingerprint density at radius 2 is 1.52 bits per heavy atom. The fraction of sp³-hybridized carbons (Fsp3) is 0.350. The largest absolute Gasteiger partial charge is 0.348 e. The first-order chi connectivity index (χ1) is 11.0. The van der Waals surface area contributed by atoms with Crippen LogP contribution in [0.3, 0.4) is 0 Å². The zero-order chi connectivity index (χ0) is 16.8. The molecule has 0 unspecified atom stereocenters. The van der Waals surface area contributed by atoms with E-state index in [1.54, 1.807) is 11.8 Å². The molecule has 3 heteroatoms. The lowest BCUT2D eigenvalue weighted by molar-refractivity contribution is -0.121. The van der Waals surface area contributed by atoms with E-state index in [1.165, 1.54) is 16.7 Å². The Morgan fingerprint density at radius 1 is 1.00 bits per heavy atom. The van der Waals surface area contributed by atoms with Crippen LogP contribution in [0.5, 0.6) is 0 Å². The van der Waals surface area contributed by atoms with Crippen molar-refractivity contribution in [3.05, 3.63) is 65.2 Å². The highest BCUT2D eigenvalue weighted by Crippen LogP contribution is 2.25. The molecule has 0 saturated carbocycles. The van der Waals surface area contributed by atoms with Crippen molar-refractivity contribution in [1.29, 1.82) is 0 Å². The lowest BCUT2D eigenvalue weighted by Gasteiger charge is -2.20. The van der Waals surface area contributed by atoms with Crippen LogP contribution in [0.15, 0.2) is 53.4 Å². The molecule has 122 valence electrons. The number of nitrogens with one attached hydrogen (secondary N) is 1. The molecule has 2 aromatic rings. The fourth-order valence-corrected chi connectivity index (χ4v) is 3.26. The summed E-state index contributed by atoms with van der Waals surface area (Å²) in [5, 5.41) is 3.06. The summed E-state index contributed by atoms with van der Waals surface area (Å²) in [5.74, 6) is 0.0861. The molecule has 2 aromatic carbocycles. The van der Waals surface area contributed by atoms with E-state index in [0.717, 1.165) is 11.3 Å². The second kappa shape index (κ2) is 8.21. The third-order valence-corrected chi connectivity index (χ3v) is 5.02. The van der Waals surface area contributed by atoms with Gasteiger partial charge in [-0.2, -0.15) is 0 Å². The van der Waals surface area contributed by atoms with Crippen LogP contribution >= 0.6 is 11.8 Å². The molecule has 0 heterocycles. The molecule has 0 spiro atoms. The maximum absolute atomic E-state index is 12.5. The Labute approximate surface area is 143 Å². The van der Waals surface area contributed by atoms with Crippen molar-refractivity contribution >= 4 is 17.7 Å². The average molecular weight is 327 g/mol. The molecule has 2 nitrogen and oxygen atoms in total. The van der Waals surface area contributed by atoms with Crippen LogP contribution in [0.1, 0.15) is 43.0 Å². The van der Waals surface area contributed by atoms with Crippen molar-refractivity contribution < 1.29 is 4.79 Å². The second-order valence-electron chi connectivity index (χ2n) is 5.95. The van der Waals surface area contributed by atoms with Crippen molar-refractivity contribution in [3.63, 3.8) is 0 Å². The summed E-state index contributed by atoms with van der Waals surface area (Å²) in [6.45, 7) is 8.20. The number of thioether (sulfide) groups is 1. The van der Waals surface area contributed by atoms with Crippen LogP contribution in [-0.4, -0.2) is 11.2 Å². The van der Waals surface area contributed by atoms with E-state index >= 15 is 0 Å². The van der Waals surface area contributed by atoms with Gasteiger partial charge in [-0.3, -0.25) is 4.79 Å². The molecule has 23 heavy (non-hydrogen) atoms. The molecule has 2 atom stereocenters. The molecule has 1 amide bonds. The van der Waals surface area contributed by atoms with Gasteiger partial charge in [-0.1, -0.05) is 54.4 Å². The Bertz CT molecular complexity index is 634. The maximum Gasteiger partial charge on any atom is 0.233 e. The van der Waals surface area contributed by atoms with Gasteiger partial charge in [-0.05, 0) is 44.9 Å². The van der Waals surface area contributed by atoms with Crippen LogP contribution in [0.2, 0.25) is 0 Å². The van der Waals surface area contributed by atoms with Gasteiger partial charge < -0.3 is 5.32 Å². The van der Waals surface area contributed by atoms with Crippen molar-refractivity contribution in [2.75, 3.05) is 0 Å². The van der Waals surface area contributed by atoms with E-state index in [2.05, 4.69) is 74.6 Å². The molecular weight excluding hydrogens is 302 g/mol. The molecule has 0 radical (unpaired) electrons. The maximum atomic E-state index is 12.5. The Kier molecular flexibility index (Phi) is 6.28. The number of carbonyl (C=O) groups excluding carboxylic acids is 1. The standard InChI is InChI=1S/C20H25NOS/c1-5-19(17-10-6-14(2)7-11-17)21-20(22)16(4)23-18-12-8-15(3)9-13-18/h6-13,16,19H,5H2,1-4H3,(H,21,22)/t16-,19+/m0/s1. The number of carbonyl (C=O) groups is 1. The zero-order valence-corrected chi connectivity index (χ0v) is 15.1. The monoisotopic (exact) mass is 327 g/mol. The predicted octanol–water partition coefficient (Wildman–Crippen LogP) is 5.05. The number of amides is 1. The topological polar surface area (TPSA) is 29.1 Å². The molecule has 0 saturated heterocycles. The molecule has 0 aromatic heterocycles. The van der Waals surface area contributed by atoms with E-state index in [-0.39, 0.29) is 17.2 Å². The molecule has 2 rings (SSSR count). The van der Waals surface area contributed by atoms with Gasteiger partial charge in [0.15, 0.2) is 0 Å². The van der Waals surface area contributed by atoms with E-state index in [1.807, 2.05) is 6.92 Å². The summed E-state index contributed by atoms with van der Waals surface area (Å²) in [6.07, 6.45) is 0.886. The smallest absolute Gasteiger partial charge is 0.233 e. The molecule has 0 aliphatic carbocycles. The normalized spacial score (nSPS) is 13.4. The number of benzene rings is 2. The third kappa shape index (κ3) is 5.14. The first-order valence-electron chi connectivity index (χ1n) is 8.10. The molecular formula is C20H25NOS. The lowest BCUT2D eigenvalue weighted by atomic mass is 10.0. The molecule has 0 bridgehead atoms. The molecule has 0 fully saturated rings. The second-order valence-corrected chi connectivity index (χ2v) is 7.37. The highest BCUT2D eigenvalue weighted by Gasteiger charge is 2.18. The minimum atomic E-state index is -0.114. The van der Waals surface area contributed by atoms with E-state index in [0.29, 0.717) is 0 Å². The third-order valence-electron chi connectivity index (χ3n) is 3.91. The number of hydrogen-bond donors (Lipinski definition) is 1. The summed E-state index contributed by atoms with van der Waals surface area (Å²) < 4.78 is 0. The highest BCUT2D eigenvalue weighted by atomic mass is 32.2. The Balaban J connectivity index is 1.98. The molecule has 0 aliphatic heterocycles. The van der Waals surface area contributed by atoms with Gasteiger partial charge in [0.2, 0.25) is 5.91 Å². The summed E-state index contributed by atoms with van der Waals surface area (Å²) in [4.78, 5) is 13.6. The summed E-state index contributed by atoms with van der Waals surface area (Å²) in [6, 6.07) is 16.8. The van der Waals surface area contributed by atoms with Gasteiger partial charge >= 0.3 is 0 Å². The molecule has 0 aliphatic rings. The summed E-state index contributed by atoms with van der Waals surface area (Å²) in [5.41, 5.74) is 3.63. The van der Waals surface area contributed by atoms with Crippen molar-refractivity contribution in [2.24, 2.45) is 0 Å². The van der Waals surface area contributed by atoms with Crippen LogP contribution in [-0.2, 0) is 4.79 Å². The van der Waals surface area contributed by atoms with Crippen molar-refractivity contribution in [1.82, 2.24) is 5.32 Å². The van der Waals surface area contributed by atoms with Gasteiger partial charge in [0.25, 0.3) is 0 Å². The van der Waals surface area contributed by atoms with Crippen LogP contribution < -0.4 is 5.32 Å². The Hall–Kier alpha value is -1.74. The number of aryl methyl sites for hydroxylation is 2. The number of rotatable bonds is 6. The first kappa shape index (κ1) is 17.6. The van der Waals surface area contributed by atoms with Crippen LogP contribution in [0, 0.1) is 13.8 Å². The molecule has 1 N–H and O–H groups in total. The van der Waals surface area contributed by atoms with Gasteiger partial charge in [0.1, 0.15) is 0 Å². The van der Waals surface area contributed by atoms with Crippen molar-refractivity contribution in [2.45, 2.75) is 50.3 Å². The summed E-state index contributed by atoms with van der Waals surface area (Å²) in [7, 11) is 0. The minimum Gasteiger partial charge on any atom is -0.348 e. The van der Waals surface area contributed by atoms with Crippen molar-refractivity contribution in [3.8, 4) is 0 Å². The van der Waals surface area contributed by atoms with Gasteiger partial charge in [0, 0.05) is 4.90 Å². The zero-order valence-electron chi connectivity index (χ0n) is 14.3. The van der Waals surface area contributed by atoms with Crippen LogP contribution in [0.4, 0.5) is 0 Å².